The Morgan fingerprint density at radius 1 is 0.308 bits per heavy atom. The predicted octanol–water partition coefficient (Wildman–Crippen LogP) is 18.4. The Labute approximate surface area is 381 Å². The van der Waals surface area contributed by atoms with Gasteiger partial charge in [-0.1, -0.05) is 152 Å². The fourth-order valence-corrected chi connectivity index (χ4v) is 12.7. The highest BCUT2D eigenvalue weighted by atomic mass is 32.1. The number of hydrogen-bond donors (Lipinski definition) is 0. The maximum absolute atomic E-state index is 6.71. The average Bonchev–Trinajstić information content (AvgIpc) is 4.07. The average molecular weight is 862 g/mol. The molecule has 4 heterocycles. The lowest BCUT2D eigenvalue weighted by atomic mass is 9.88. The summed E-state index contributed by atoms with van der Waals surface area (Å²) in [6.07, 6.45) is 0. The van der Waals surface area contributed by atoms with Gasteiger partial charge in [0, 0.05) is 78.4 Å². The number of pyridine rings is 1. The van der Waals surface area contributed by atoms with Crippen molar-refractivity contribution in [2.24, 2.45) is 0 Å². The Morgan fingerprint density at radius 3 is 1.52 bits per heavy atom. The molecule has 10 aromatic carbocycles. The van der Waals surface area contributed by atoms with E-state index in [1.807, 2.05) is 22.7 Å². The number of benzene rings is 10. The van der Waals surface area contributed by atoms with Crippen LogP contribution in [0.15, 0.2) is 217 Å². The number of fused-ring (bicyclic) bond motifs is 12. The van der Waals surface area contributed by atoms with E-state index in [2.05, 4.69) is 212 Å². The molecule has 14 aromatic rings. The number of rotatable bonds is 5. The molecular weight excluding hydrogens is 827 g/mol. The van der Waals surface area contributed by atoms with E-state index in [4.69, 9.17) is 9.40 Å². The monoisotopic (exact) mass is 861 g/mol. The van der Waals surface area contributed by atoms with Crippen LogP contribution in [0.3, 0.4) is 0 Å². The minimum Gasteiger partial charge on any atom is -0.456 e. The van der Waals surface area contributed by atoms with Crippen molar-refractivity contribution >= 4 is 107 Å². The molecule has 0 unspecified atom stereocenters. The molecule has 4 heteroatoms. The zero-order chi connectivity index (χ0) is 42.6. The van der Waals surface area contributed by atoms with E-state index in [0.717, 1.165) is 66.2 Å². The maximum Gasteiger partial charge on any atom is 0.136 e. The highest BCUT2D eigenvalue weighted by molar-refractivity contribution is 7.26. The van der Waals surface area contributed by atoms with E-state index in [1.54, 1.807) is 0 Å². The van der Waals surface area contributed by atoms with Gasteiger partial charge in [0.15, 0.2) is 0 Å². The van der Waals surface area contributed by atoms with Crippen LogP contribution in [0.5, 0.6) is 0 Å². The van der Waals surface area contributed by atoms with E-state index in [-0.39, 0.29) is 0 Å². The molecule has 0 bridgehead atoms. The number of para-hydroxylation sites is 2. The zero-order valence-electron chi connectivity index (χ0n) is 34.9. The third-order valence-corrected chi connectivity index (χ3v) is 15.5. The SMILES string of the molecule is c1ccc(-c2nc3ccccc3c3c(-c4ccc(-c5cc(-c6cccc7sc8ccccc8c67)cc(-c6cccc7sc8ccccc8c67)c5)cc4)c4c(cc23)oc2ccccc24)cc1. The predicted molar refractivity (Wildman–Crippen MR) is 279 cm³/mol. The van der Waals surface area contributed by atoms with Crippen molar-refractivity contribution in [3.63, 3.8) is 0 Å². The lowest BCUT2D eigenvalue weighted by molar-refractivity contribution is 0.669. The number of nitrogens with zero attached hydrogens (tertiary/aromatic N) is 1. The van der Waals surface area contributed by atoms with Gasteiger partial charge in [-0.05, 0) is 99.6 Å². The zero-order valence-corrected chi connectivity index (χ0v) is 36.5. The molecule has 2 nitrogen and oxygen atoms in total. The van der Waals surface area contributed by atoms with E-state index in [9.17, 15) is 0 Å². The summed E-state index contributed by atoms with van der Waals surface area (Å²) in [7, 11) is 0. The van der Waals surface area contributed by atoms with Crippen LogP contribution in [-0.2, 0) is 0 Å². The van der Waals surface area contributed by atoms with Crippen LogP contribution in [0.1, 0.15) is 0 Å². The Bertz CT molecular complexity index is 4100. The Balaban J connectivity index is 1.02. The van der Waals surface area contributed by atoms with Gasteiger partial charge in [0.25, 0.3) is 0 Å². The summed E-state index contributed by atoms with van der Waals surface area (Å²) in [5.74, 6) is 0. The number of aromatic nitrogens is 1. The molecule has 0 amide bonds. The van der Waals surface area contributed by atoms with E-state index in [1.165, 1.54) is 73.5 Å². The second-order valence-electron chi connectivity index (χ2n) is 16.9. The largest absolute Gasteiger partial charge is 0.456 e. The van der Waals surface area contributed by atoms with Gasteiger partial charge in [-0.15, -0.1) is 22.7 Å². The first kappa shape index (κ1) is 36.6. The molecular formula is C61H35NOS2. The Hall–Kier alpha value is -7.89. The van der Waals surface area contributed by atoms with Crippen molar-refractivity contribution in [2.45, 2.75) is 0 Å². The first-order valence-corrected chi connectivity index (χ1v) is 23.6. The van der Waals surface area contributed by atoms with Gasteiger partial charge in [0.1, 0.15) is 11.2 Å². The van der Waals surface area contributed by atoms with Crippen LogP contribution in [0.2, 0.25) is 0 Å². The van der Waals surface area contributed by atoms with Gasteiger partial charge in [0.05, 0.1) is 11.2 Å². The van der Waals surface area contributed by atoms with Gasteiger partial charge >= 0.3 is 0 Å². The van der Waals surface area contributed by atoms with Crippen molar-refractivity contribution in [3.05, 3.63) is 212 Å². The number of hydrogen-bond acceptors (Lipinski definition) is 4. The summed E-state index contributed by atoms with van der Waals surface area (Å²) >= 11 is 3.74. The van der Waals surface area contributed by atoms with Crippen LogP contribution < -0.4 is 0 Å². The van der Waals surface area contributed by atoms with Gasteiger partial charge in [-0.3, -0.25) is 0 Å². The molecule has 0 aliphatic heterocycles. The van der Waals surface area contributed by atoms with Crippen LogP contribution in [0, 0.1) is 0 Å². The van der Waals surface area contributed by atoms with E-state index in [0.29, 0.717) is 0 Å². The molecule has 0 saturated heterocycles. The first-order valence-electron chi connectivity index (χ1n) is 22.0. The van der Waals surface area contributed by atoms with Crippen molar-refractivity contribution in [1.29, 1.82) is 0 Å². The van der Waals surface area contributed by atoms with Crippen molar-refractivity contribution in [1.82, 2.24) is 4.98 Å². The fraction of sp³-hybridized carbons (Fsp3) is 0. The van der Waals surface area contributed by atoms with Crippen LogP contribution in [0.25, 0.3) is 140 Å². The third-order valence-electron chi connectivity index (χ3n) is 13.2. The first-order chi connectivity index (χ1) is 32.2. The second kappa shape index (κ2) is 14.3. The summed E-state index contributed by atoms with van der Waals surface area (Å²) in [5, 5.41) is 10.8. The molecule has 0 aliphatic carbocycles. The fourth-order valence-electron chi connectivity index (χ4n) is 10.4. The number of furan rings is 1. The number of thiophene rings is 2. The topological polar surface area (TPSA) is 26.0 Å². The van der Waals surface area contributed by atoms with Crippen molar-refractivity contribution in [2.75, 3.05) is 0 Å². The highest BCUT2D eigenvalue weighted by Crippen LogP contribution is 2.48. The standard InChI is InChI=1S/C61H35NOS2/c1-2-14-38(15-3-1)61-48-35-51-60(45-17-5-9-23-50(45)63-51)56(59(48)44-16-4-8-22-49(44)62-61)37-30-28-36(29-31-37)39-32-40(42-20-12-26-54-57(42)46-18-6-10-24-52(46)64-54)34-41(33-39)43-21-13-27-55-58(43)47-19-7-11-25-53(47)65-55/h1-35H. The second-order valence-corrected chi connectivity index (χ2v) is 19.1. The van der Waals surface area contributed by atoms with Gasteiger partial charge in [-0.2, -0.15) is 0 Å². The van der Waals surface area contributed by atoms with Crippen LogP contribution in [-0.4, -0.2) is 4.98 Å². The highest BCUT2D eigenvalue weighted by Gasteiger charge is 2.22. The lowest BCUT2D eigenvalue weighted by Crippen LogP contribution is -1.93. The molecule has 0 radical (unpaired) electrons. The Kier molecular flexibility index (Phi) is 8.06. The summed E-state index contributed by atoms with van der Waals surface area (Å²) in [6, 6.07) is 77.4. The normalized spacial score (nSPS) is 12.0. The van der Waals surface area contributed by atoms with Crippen molar-refractivity contribution in [3.8, 4) is 55.8 Å². The van der Waals surface area contributed by atoms with Crippen LogP contribution in [0.4, 0.5) is 0 Å². The molecule has 0 fully saturated rings. The van der Waals surface area contributed by atoms with Gasteiger partial charge in [0.2, 0.25) is 0 Å². The molecule has 0 spiro atoms. The molecule has 0 N–H and O–H groups in total. The molecule has 14 rings (SSSR count). The van der Waals surface area contributed by atoms with Gasteiger partial charge in [-0.25, -0.2) is 4.98 Å². The summed E-state index contributed by atoms with van der Waals surface area (Å²) in [4.78, 5) is 5.31. The summed E-state index contributed by atoms with van der Waals surface area (Å²) in [5.41, 5.74) is 14.3. The summed E-state index contributed by atoms with van der Waals surface area (Å²) in [6.45, 7) is 0. The van der Waals surface area contributed by atoms with Gasteiger partial charge < -0.3 is 4.42 Å². The smallest absolute Gasteiger partial charge is 0.136 e. The van der Waals surface area contributed by atoms with Crippen LogP contribution >= 0.6 is 22.7 Å². The molecule has 0 aliphatic rings. The van der Waals surface area contributed by atoms with E-state index >= 15 is 0 Å². The molecule has 65 heavy (non-hydrogen) atoms. The lowest BCUT2D eigenvalue weighted by Gasteiger charge is -2.16. The quantitative estimate of drug-likeness (QED) is 0.161. The Morgan fingerprint density at radius 2 is 0.846 bits per heavy atom. The minimum absolute atomic E-state index is 0.856. The van der Waals surface area contributed by atoms with Crippen molar-refractivity contribution < 1.29 is 4.42 Å². The minimum atomic E-state index is 0.856. The molecule has 0 atom stereocenters. The molecule has 0 saturated carbocycles. The summed E-state index contributed by atoms with van der Waals surface area (Å²) < 4.78 is 11.9. The molecule has 302 valence electrons. The molecule has 4 aromatic heterocycles. The third kappa shape index (κ3) is 5.68. The van der Waals surface area contributed by atoms with E-state index < -0.39 is 0 Å². The maximum atomic E-state index is 6.71.